The molecule has 0 saturated carbocycles. The molecular weight excluding hydrogens is 280 g/mol. The van der Waals surface area contributed by atoms with Crippen LogP contribution in [-0.2, 0) is 0 Å². The zero-order valence-electron chi connectivity index (χ0n) is 11.0. The molecule has 2 rings (SSSR count). The van der Waals surface area contributed by atoms with Gasteiger partial charge in [0.05, 0.1) is 5.69 Å². The SMILES string of the molecule is CC(C)c1cn(-c2cccc(Cl)c2)nc(C(=O)O)c1=O. The van der Waals surface area contributed by atoms with E-state index >= 15 is 0 Å². The van der Waals surface area contributed by atoms with Crippen molar-refractivity contribution in [2.75, 3.05) is 0 Å². The molecule has 0 saturated heterocycles. The van der Waals surface area contributed by atoms with Gasteiger partial charge in [0.1, 0.15) is 0 Å². The predicted octanol–water partition coefficient (Wildman–Crippen LogP) is 2.71. The molecule has 1 aromatic heterocycles. The average Bonchev–Trinajstić information content (AvgIpc) is 2.38. The van der Waals surface area contributed by atoms with Crippen LogP contribution in [0.3, 0.4) is 0 Å². The molecule has 0 atom stereocenters. The van der Waals surface area contributed by atoms with Crippen molar-refractivity contribution in [3.05, 3.63) is 57.0 Å². The third-order valence-corrected chi connectivity index (χ3v) is 3.08. The summed E-state index contributed by atoms with van der Waals surface area (Å²) in [7, 11) is 0. The molecule has 5 nitrogen and oxygen atoms in total. The van der Waals surface area contributed by atoms with E-state index in [1.54, 1.807) is 30.5 Å². The van der Waals surface area contributed by atoms with Gasteiger partial charge in [-0.25, -0.2) is 9.48 Å². The topological polar surface area (TPSA) is 72.2 Å². The van der Waals surface area contributed by atoms with Crippen LogP contribution in [-0.4, -0.2) is 20.9 Å². The molecule has 0 amide bonds. The summed E-state index contributed by atoms with van der Waals surface area (Å²) in [5.74, 6) is -1.44. The Morgan fingerprint density at radius 1 is 1.40 bits per heavy atom. The van der Waals surface area contributed by atoms with Crippen molar-refractivity contribution in [2.24, 2.45) is 0 Å². The zero-order chi connectivity index (χ0) is 14.9. The molecule has 0 radical (unpaired) electrons. The molecule has 0 fully saturated rings. The molecular formula is C14H13ClN2O3. The van der Waals surface area contributed by atoms with Crippen molar-refractivity contribution in [2.45, 2.75) is 19.8 Å². The van der Waals surface area contributed by atoms with Gasteiger partial charge in [-0.15, -0.1) is 0 Å². The molecule has 1 heterocycles. The fraction of sp³-hybridized carbons (Fsp3) is 0.214. The Morgan fingerprint density at radius 3 is 2.65 bits per heavy atom. The zero-order valence-corrected chi connectivity index (χ0v) is 11.8. The van der Waals surface area contributed by atoms with E-state index in [0.717, 1.165) is 0 Å². The first-order valence-corrected chi connectivity index (χ1v) is 6.41. The van der Waals surface area contributed by atoms with Gasteiger partial charge in [-0.05, 0) is 24.1 Å². The van der Waals surface area contributed by atoms with E-state index in [4.69, 9.17) is 16.7 Å². The normalized spacial score (nSPS) is 10.8. The van der Waals surface area contributed by atoms with Gasteiger partial charge in [0.25, 0.3) is 0 Å². The van der Waals surface area contributed by atoms with Gasteiger partial charge in [-0.2, -0.15) is 5.10 Å². The third-order valence-electron chi connectivity index (χ3n) is 2.84. The Labute approximate surface area is 120 Å². The molecule has 0 aliphatic carbocycles. The first-order valence-electron chi connectivity index (χ1n) is 6.03. The van der Waals surface area contributed by atoms with E-state index in [0.29, 0.717) is 16.3 Å². The summed E-state index contributed by atoms with van der Waals surface area (Å²) in [5.41, 5.74) is -0.0405. The monoisotopic (exact) mass is 292 g/mol. The number of halogens is 1. The molecule has 0 bridgehead atoms. The maximum absolute atomic E-state index is 12.0. The van der Waals surface area contributed by atoms with Gasteiger partial charge in [0, 0.05) is 16.8 Å². The second-order valence-corrected chi connectivity index (χ2v) is 5.08. The number of aromatic nitrogens is 2. The van der Waals surface area contributed by atoms with Gasteiger partial charge < -0.3 is 5.11 Å². The Bertz CT molecular complexity index is 723. The van der Waals surface area contributed by atoms with Gasteiger partial charge in [-0.1, -0.05) is 31.5 Å². The largest absolute Gasteiger partial charge is 0.476 e. The first-order chi connectivity index (χ1) is 9.40. The Kier molecular flexibility index (Phi) is 3.90. The maximum atomic E-state index is 12.0. The van der Waals surface area contributed by atoms with Crippen molar-refractivity contribution >= 4 is 17.6 Å². The fourth-order valence-corrected chi connectivity index (χ4v) is 2.00. The molecule has 104 valence electrons. The smallest absolute Gasteiger partial charge is 0.360 e. The van der Waals surface area contributed by atoms with Crippen LogP contribution in [0.4, 0.5) is 0 Å². The van der Waals surface area contributed by atoms with Crippen LogP contribution < -0.4 is 5.43 Å². The average molecular weight is 293 g/mol. The molecule has 0 spiro atoms. The molecule has 0 aliphatic rings. The van der Waals surface area contributed by atoms with Gasteiger partial charge in [0.15, 0.2) is 0 Å². The summed E-state index contributed by atoms with van der Waals surface area (Å²) in [6.45, 7) is 3.65. The highest BCUT2D eigenvalue weighted by atomic mass is 35.5. The van der Waals surface area contributed by atoms with Gasteiger partial charge >= 0.3 is 5.97 Å². The second-order valence-electron chi connectivity index (χ2n) is 4.65. The summed E-state index contributed by atoms with van der Waals surface area (Å²) in [5, 5.41) is 13.5. The maximum Gasteiger partial charge on any atom is 0.360 e. The Morgan fingerprint density at radius 2 is 2.10 bits per heavy atom. The molecule has 6 heteroatoms. The molecule has 1 N–H and O–H groups in total. The summed E-state index contributed by atoms with van der Waals surface area (Å²) >= 11 is 5.91. The summed E-state index contributed by atoms with van der Waals surface area (Å²) in [6, 6.07) is 6.82. The van der Waals surface area contributed by atoms with Crippen molar-refractivity contribution in [1.82, 2.24) is 9.78 Å². The van der Waals surface area contributed by atoms with E-state index < -0.39 is 17.1 Å². The standard InChI is InChI=1S/C14H13ClN2O3/c1-8(2)11-7-17(10-5-3-4-9(15)6-10)16-12(13(11)18)14(19)20/h3-8H,1-2H3,(H,19,20). The number of aromatic carboxylic acids is 1. The quantitative estimate of drug-likeness (QED) is 0.944. The van der Waals surface area contributed by atoms with Crippen molar-refractivity contribution in [1.29, 1.82) is 0 Å². The number of carboxylic acid groups (broad SMARTS) is 1. The highest BCUT2D eigenvalue weighted by molar-refractivity contribution is 6.30. The summed E-state index contributed by atoms with van der Waals surface area (Å²) < 4.78 is 1.37. The van der Waals surface area contributed by atoms with E-state index in [-0.39, 0.29) is 5.92 Å². The number of hydrogen-bond acceptors (Lipinski definition) is 3. The number of hydrogen-bond donors (Lipinski definition) is 1. The van der Waals surface area contributed by atoms with E-state index in [1.165, 1.54) is 4.68 Å². The molecule has 0 unspecified atom stereocenters. The van der Waals surface area contributed by atoms with Crippen LogP contribution >= 0.6 is 11.6 Å². The minimum absolute atomic E-state index is 0.103. The lowest BCUT2D eigenvalue weighted by Gasteiger charge is -2.11. The van der Waals surface area contributed by atoms with E-state index in [9.17, 15) is 9.59 Å². The second kappa shape index (κ2) is 5.46. The summed E-state index contributed by atoms with van der Waals surface area (Å²) in [4.78, 5) is 23.2. The number of carbonyl (C=O) groups is 1. The lowest BCUT2D eigenvalue weighted by molar-refractivity contribution is 0.0686. The number of carboxylic acids is 1. The van der Waals surface area contributed by atoms with Crippen molar-refractivity contribution in [3.8, 4) is 5.69 Å². The lowest BCUT2D eigenvalue weighted by Crippen LogP contribution is -2.25. The minimum Gasteiger partial charge on any atom is -0.476 e. The van der Waals surface area contributed by atoms with Crippen LogP contribution in [0.2, 0.25) is 5.02 Å². The van der Waals surface area contributed by atoms with Crippen LogP contribution in [0.25, 0.3) is 5.69 Å². The highest BCUT2D eigenvalue weighted by Crippen LogP contribution is 2.16. The minimum atomic E-state index is -1.34. The molecule has 20 heavy (non-hydrogen) atoms. The fourth-order valence-electron chi connectivity index (χ4n) is 1.81. The van der Waals surface area contributed by atoms with Gasteiger partial charge in [-0.3, -0.25) is 4.79 Å². The predicted molar refractivity (Wildman–Crippen MR) is 75.9 cm³/mol. The number of nitrogens with zero attached hydrogens (tertiary/aromatic N) is 2. The Balaban J connectivity index is 2.72. The van der Waals surface area contributed by atoms with Crippen molar-refractivity contribution in [3.63, 3.8) is 0 Å². The van der Waals surface area contributed by atoms with Crippen LogP contribution in [0, 0.1) is 0 Å². The van der Waals surface area contributed by atoms with E-state index in [2.05, 4.69) is 5.10 Å². The molecule has 0 aliphatic heterocycles. The first kappa shape index (κ1) is 14.3. The summed E-state index contributed by atoms with van der Waals surface area (Å²) in [6.07, 6.45) is 1.55. The van der Waals surface area contributed by atoms with Crippen LogP contribution in [0.5, 0.6) is 0 Å². The van der Waals surface area contributed by atoms with Crippen LogP contribution in [0.15, 0.2) is 35.3 Å². The Hall–Kier alpha value is -2.14. The highest BCUT2D eigenvalue weighted by Gasteiger charge is 2.18. The lowest BCUT2D eigenvalue weighted by atomic mass is 10.0. The molecule has 1 aromatic carbocycles. The number of benzene rings is 1. The van der Waals surface area contributed by atoms with Crippen molar-refractivity contribution < 1.29 is 9.90 Å². The molecule has 2 aromatic rings. The van der Waals surface area contributed by atoms with Crippen LogP contribution in [0.1, 0.15) is 35.8 Å². The third kappa shape index (κ3) is 2.72. The van der Waals surface area contributed by atoms with E-state index in [1.807, 2.05) is 13.8 Å². The van der Waals surface area contributed by atoms with Gasteiger partial charge in [0.2, 0.25) is 11.1 Å². The number of rotatable bonds is 3.